The first-order chi connectivity index (χ1) is 10.8. The number of amides is 1. The Bertz CT molecular complexity index is 454. The molecule has 1 N–H and O–H groups in total. The number of nitrogens with one attached hydrogen (secondary N) is 1. The van der Waals surface area contributed by atoms with Crippen LogP contribution in [0.4, 0.5) is 5.13 Å². The van der Waals surface area contributed by atoms with Gasteiger partial charge in [0.2, 0.25) is 5.91 Å². The van der Waals surface area contributed by atoms with Gasteiger partial charge in [-0.25, -0.2) is 4.98 Å². The van der Waals surface area contributed by atoms with E-state index in [9.17, 15) is 4.79 Å². The van der Waals surface area contributed by atoms with Gasteiger partial charge in [0.1, 0.15) is 0 Å². The summed E-state index contributed by atoms with van der Waals surface area (Å²) in [5.41, 5.74) is 0. The van der Waals surface area contributed by atoms with Gasteiger partial charge in [-0.2, -0.15) is 0 Å². The maximum absolute atomic E-state index is 12.0. The van der Waals surface area contributed by atoms with Crippen molar-refractivity contribution < 1.29 is 9.53 Å². The first-order valence-electron chi connectivity index (χ1n) is 8.01. The van der Waals surface area contributed by atoms with Crippen molar-refractivity contribution in [2.75, 3.05) is 57.8 Å². The number of rotatable bonds is 5. The predicted octanol–water partition coefficient (Wildman–Crippen LogP) is 1.13. The number of morpholine rings is 1. The number of thiazole rings is 1. The topological polar surface area (TPSA) is 57.7 Å². The number of likely N-dealkylation sites (tertiary alicyclic amines) is 1. The number of carbonyl (C=O) groups is 1. The molecule has 2 fully saturated rings. The second kappa shape index (κ2) is 8.01. The summed E-state index contributed by atoms with van der Waals surface area (Å²) >= 11 is 1.46. The Morgan fingerprint density at radius 1 is 1.27 bits per heavy atom. The molecule has 22 heavy (non-hydrogen) atoms. The molecule has 3 heterocycles. The van der Waals surface area contributed by atoms with Crippen LogP contribution < -0.4 is 5.32 Å². The van der Waals surface area contributed by atoms with E-state index in [1.54, 1.807) is 6.20 Å². The number of anilines is 1. The lowest BCUT2D eigenvalue weighted by Gasteiger charge is -2.35. The summed E-state index contributed by atoms with van der Waals surface area (Å²) in [5.74, 6) is 0.804. The number of hydrogen-bond donors (Lipinski definition) is 1. The first kappa shape index (κ1) is 15.9. The van der Waals surface area contributed by atoms with Crippen LogP contribution in [0.3, 0.4) is 0 Å². The molecule has 1 amide bonds. The Morgan fingerprint density at radius 3 is 2.73 bits per heavy atom. The fourth-order valence-electron chi connectivity index (χ4n) is 3.12. The zero-order chi connectivity index (χ0) is 15.2. The van der Waals surface area contributed by atoms with Crippen molar-refractivity contribution in [3.8, 4) is 0 Å². The predicted molar refractivity (Wildman–Crippen MR) is 87.2 cm³/mol. The van der Waals surface area contributed by atoms with Crippen LogP contribution in [0.1, 0.15) is 12.8 Å². The molecular weight excluding hydrogens is 300 g/mol. The van der Waals surface area contributed by atoms with Crippen LogP contribution in [-0.4, -0.2) is 73.2 Å². The molecule has 2 saturated heterocycles. The van der Waals surface area contributed by atoms with Crippen molar-refractivity contribution in [2.45, 2.75) is 12.8 Å². The van der Waals surface area contributed by atoms with Gasteiger partial charge < -0.3 is 10.1 Å². The third-order valence-corrected chi connectivity index (χ3v) is 5.06. The number of carbonyl (C=O) groups excluding carboxylic acids is 1. The van der Waals surface area contributed by atoms with E-state index in [4.69, 9.17) is 4.74 Å². The zero-order valence-electron chi connectivity index (χ0n) is 12.9. The third-order valence-electron chi connectivity index (χ3n) is 4.37. The Labute approximate surface area is 135 Å². The average molecular weight is 324 g/mol. The van der Waals surface area contributed by atoms with Crippen LogP contribution in [0.5, 0.6) is 0 Å². The maximum Gasteiger partial charge on any atom is 0.240 e. The molecular formula is C15H24N4O2S. The highest BCUT2D eigenvalue weighted by molar-refractivity contribution is 7.13. The summed E-state index contributed by atoms with van der Waals surface area (Å²) in [4.78, 5) is 20.8. The molecule has 1 aromatic heterocycles. The van der Waals surface area contributed by atoms with Crippen LogP contribution >= 0.6 is 11.3 Å². The fraction of sp³-hybridized carbons (Fsp3) is 0.733. The minimum absolute atomic E-state index is 0.0431. The summed E-state index contributed by atoms with van der Waals surface area (Å²) < 4.78 is 5.39. The van der Waals surface area contributed by atoms with Crippen LogP contribution in [-0.2, 0) is 9.53 Å². The summed E-state index contributed by atoms with van der Waals surface area (Å²) in [7, 11) is 0. The minimum Gasteiger partial charge on any atom is -0.379 e. The van der Waals surface area contributed by atoms with Crippen molar-refractivity contribution in [1.29, 1.82) is 0 Å². The highest BCUT2D eigenvalue weighted by Gasteiger charge is 2.23. The molecule has 2 aliphatic rings. The van der Waals surface area contributed by atoms with E-state index in [2.05, 4.69) is 20.1 Å². The van der Waals surface area contributed by atoms with Gasteiger partial charge in [0, 0.05) is 31.2 Å². The molecule has 122 valence electrons. The van der Waals surface area contributed by atoms with Gasteiger partial charge in [-0.15, -0.1) is 11.3 Å². The van der Waals surface area contributed by atoms with E-state index in [0.29, 0.717) is 11.7 Å². The van der Waals surface area contributed by atoms with Crippen molar-refractivity contribution in [3.63, 3.8) is 0 Å². The molecule has 1 aromatic rings. The van der Waals surface area contributed by atoms with Gasteiger partial charge in [-0.05, 0) is 31.8 Å². The van der Waals surface area contributed by atoms with Gasteiger partial charge in [0.25, 0.3) is 0 Å². The van der Waals surface area contributed by atoms with Gasteiger partial charge in [0.15, 0.2) is 5.13 Å². The fourth-order valence-corrected chi connectivity index (χ4v) is 3.67. The van der Waals surface area contributed by atoms with Gasteiger partial charge in [0.05, 0.1) is 19.8 Å². The summed E-state index contributed by atoms with van der Waals surface area (Å²) in [6.45, 7) is 7.56. The van der Waals surface area contributed by atoms with E-state index >= 15 is 0 Å². The lowest BCUT2D eigenvalue weighted by Crippen LogP contribution is -2.44. The quantitative estimate of drug-likeness (QED) is 0.880. The molecule has 0 aromatic carbocycles. The van der Waals surface area contributed by atoms with Crippen LogP contribution in [0.2, 0.25) is 0 Å². The van der Waals surface area contributed by atoms with Crippen LogP contribution in [0, 0.1) is 5.92 Å². The van der Waals surface area contributed by atoms with Gasteiger partial charge in [-0.3, -0.25) is 14.6 Å². The van der Waals surface area contributed by atoms with Crippen molar-refractivity contribution >= 4 is 22.4 Å². The molecule has 0 spiro atoms. The monoisotopic (exact) mass is 324 g/mol. The molecule has 0 saturated carbocycles. The molecule has 3 rings (SSSR count). The lowest BCUT2D eigenvalue weighted by molar-refractivity contribution is -0.117. The van der Waals surface area contributed by atoms with Crippen molar-refractivity contribution in [1.82, 2.24) is 14.8 Å². The molecule has 0 radical (unpaired) electrons. The average Bonchev–Trinajstić information content (AvgIpc) is 3.03. The minimum atomic E-state index is 0.0431. The Morgan fingerprint density at radius 2 is 2.05 bits per heavy atom. The normalized spacial score (nSPS) is 21.8. The van der Waals surface area contributed by atoms with E-state index < -0.39 is 0 Å². The molecule has 0 unspecified atom stereocenters. The SMILES string of the molecule is O=C(CN1CCC(CN2CCOCC2)CC1)Nc1nccs1. The summed E-state index contributed by atoms with van der Waals surface area (Å²) in [6, 6.07) is 0. The van der Waals surface area contributed by atoms with E-state index in [1.165, 1.54) is 30.7 Å². The lowest BCUT2D eigenvalue weighted by atomic mass is 9.96. The van der Waals surface area contributed by atoms with Crippen molar-refractivity contribution in [3.05, 3.63) is 11.6 Å². The largest absolute Gasteiger partial charge is 0.379 e. The number of ether oxygens (including phenoxy) is 1. The Hall–Kier alpha value is -1.02. The summed E-state index contributed by atoms with van der Waals surface area (Å²) in [6.07, 6.45) is 4.07. The van der Waals surface area contributed by atoms with Crippen LogP contribution in [0.15, 0.2) is 11.6 Å². The Balaban J connectivity index is 1.35. The molecule has 2 aliphatic heterocycles. The molecule has 0 aliphatic carbocycles. The highest BCUT2D eigenvalue weighted by atomic mass is 32.1. The van der Waals surface area contributed by atoms with Gasteiger partial charge >= 0.3 is 0 Å². The first-order valence-corrected chi connectivity index (χ1v) is 8.89. The molecule has 0 atom stereocenters. The standard InChI is InChI=1S/C15H24N4O2S/c20-14(17-15-16-3-10-22-15)12-18-4-1-13(2-5-18)11-19-6-8-21-9-7-19/h3,10,13H,1-2,4-9,11-12H2,(H,16,17,20). The van der Waals surface area contributed by atoms with Crippen molar-refractivity contribution in [2.24, 2.45) is 5.92 Å². The molecule has 6 nitrogen and oxygen atoms in total. The van der Waals surface area contributed by atoms with Gasteiger partial charge in [-0.1, -0.05) is 0 Å². The number of hydrogen-bond acceptors (Lipinski definition) is 6. The molecule has 0 bridgehead atoms. The zero-order valence-corrected chi connectivity index (χ0v) is 13.7. The molecule has 7 heteroatoms. The summed E-state index contributed by atoms with van der Waals surface area (Å²) in [5, 5.41) is 5.41. The van der Waals surface area contributed by atoms with E-state index in [1.807, 2.05) is 5.38 Å². The van der Waals surface area contributed by atoms with E-state index in [0.717, 1.165) is 45.3 Å². The number of nitrogens with zero attached hydrogens (tertiary/aromatic N) is 3. The number of aromatic nitrogens is 1. The second-order valence-corrected chi connectivity index (χ2v) is 6.91. The number of piperidine rings is 1. The third kappa shape index (κ3) is 4.74. The Kier molecular flexibility index (Phi) is 5.77. The smallest absolute Gasteiger partial charge is 0.240 e. The highest BCUT2D eigenvalue weighted by Crippen LogP contribution is 2.19. The maximum atomic E-state index is 12.0. The van der Waals surface area contributed by atoms with E-state index in [-0.39, 0.29) is 5.91 Å². The van der Waals surface area contributed by atoms with Crippen LogP contribution in [0.25, 0.3) is 0 Å². The second-order valence-electron chi connectivity index (χ2n) is 6.02.